The zero-order chi connectivity index (χ0) is 16.2. The summed E-state index contributed by atoms with van der Waals surface area (Å²) in [6.07, 6.45) is 7.47. The molecule has 128 valence electrons. The summed E-state index contributed by atoms with van der Waals surface area (Å²) in [5.41, 5.74) is 1.62. The van der Waals surface area contributed by atoms with Crippen molar-refractivity contribution < 1.29 is 14.6 Å². The summed E-state index contributed by atoms with van der Waals surface area (Å²) in [6, 6.07) is 0.557. The van der Waals surface area contributed by atoms with E-state index in [1.807, 2.05) is 11.6 Å². The van der Waals surface area contributed by atoms with E-state index in [1.165, 1.54) is 0 Å². The first-order chi connectivity index (χ1) is 11.2. The van der Waals surface area contributed by atoms with Gasteiger partial charge in [-0.25, -0.2) is 0 Å². The molecule has 0 aromatic carbocycles. The first kappa shape index (κ1) is 16.5. The van der Waals surface area contributed by atoms with Gasteiger partial charge in [0.05, 0.1) is 17.8 Å². The number of nitrogens with zero attached hydrogens (tertiary/aromatic N) is 2. The maximum absolute atomic E-state index is 12.5. The molecule has 6 heteroatoms. The van der Waals surface area contributed by atoms with Gasteiger partial charge in [0.2, 0.25) is 0 Å². The number of aliphatic hydroxyl groups is 1. The predicted octanol–water partition coefficient (Wildman–Crippen LogP) is 1.82. The van der Waals surface area contributed by atoms with E-state index in [2.05, 4.69) is 10.4 Å². The van der Waals surface area contributed by atoms with Crippen molar-refractivity contribution in [1.82, 2.24) is 15.1 Å². The van der Waals surface area contributed by atoms with Gasteiger partial charge in [0.25, 0.3) is 5.91 Å². The molecule has 23 heavy (non-hydrogen) atoms. The normalized spacial score (nSPS) is 26.2. The number of hydrogen-bond donors (Lipinski definition) is 2. The molecule has 1 amide bonds. The molecule has 2 aliphatic rings. The lowest BCUT2D eigenvalue weighted by atomic mass is 9.86. The van der Waals surface area contributed by atoms with Gasteiger partial charge in [0, 0.05) is 31.6 Å². The van der Waals surface area contributed by atoms with Gasteiger partial charge in [-0.05, 0) is 51.4 Å². The fourth-order valence-corrected chi connectivity index (χ4v) is 3.70. The molecule has 0 atom stereocenters. The van der Waals surface area contributed by atoms with Crippen molar-refractivity contribution in [2.45, 2.75) is 57.5 Å². The zero-order valence-electron chi connectivity index (χ0n) is 13.8. The fourth-order valence-electron chi connectivity index (χ4n) is 3.70. The molecule has 0 radical (unpaired) electrons. The van der Waals surface area contributed by atoms with Crippen LogP contribution in [0.4, 0.5) is 0 Å². The summed E-state index contributed by atoms with van der Waals surface area (Å²) in [7, 11) is 0. The lowest BCUT2D eigenvalue weighted by Gasteiger charge is -2.28. The highest BCUT2D eigenvalue weighted by atomic mass is 16.5. The smallest absolute Gasteiger partial charge is 0.254 e. The number of carbonyl (C=O) groups excluding carboxylic acids is 1. The van der Waals surface area contributed by atoms with Crippen LogP contribution in [0.1, 0.15) is 60.6 Å². The minimum atomic E-state index is -0.0201. The van der Waals surface area contributed by atoms with E-state index < -0.39 is 0 Å². The van der Waals surface area contributed by atoms with Gasteiger partial charge >= 0.3 is 0 Å². The van der Waals surface area contributed by atoms with E-state index in [-0.39, 0.29) is 18.6 Å². The second-order valence-electron chi connectivity index (χ2n) is 6.81. The lowest BCUT2D eigenvalue weighted by Crippen LogP contribution is -2.38. The molecule has 6 nitrogen and oxygen atoms in total. The molecule has 1 aromatic rings. The van der Waals surface area contributed by atoms with Crippen molar-refractivity contribution in [2.75, 3.05) is 19.8 Å². The van der Waals surface area contributed by atoms with E-state index in [0.29, 0.717) is 17.5 Å². The summed E-state index contributed by atoms with van der Waals surface area (Å²) >= 11 is 0. The molecule has 0 bridgehead atoms. The number of aromatic nitrogens is 2. The Morgan fingerprint density at radius 1 is 1.30 bits per heavy atom. The van der Waals surface area contributed by atoms with Crippen LogP contribution in [0.3, 0.4) is 0 Å². The molecule has 2 N–H and O–H groups in total. The van der Waals surface area contributed by atoms with Gasteiger partial charge in [-0.3, -0.25) is 9.48 Å². The van der Waals surface area contributed by atoms with E-state index in [4.69, 9.17) is 4.74 Å². The Morgan fingerprint density at radius 3 is 2.65 bits per heavy atom. The monoisotopic (exact) mass is 321 g/mol. The molecule has 2 heterocycles. The van der Waals surface area contributed by atoms with Gasteiger partial charge in [-0.15, -0.1) is 0 Å². The molecule has 2 fully saturated rings. The molecule has 3 rings (SSSR count). The SMILES string of the molecule is Cc1c(C(=O)NC2CCC(CO)CC2)cnn1C1CCOCC1. The van der Waals surface area contributed by atoms with Crippen LogP contribution >= 0.6 is 0 Å². The van der Waals surface area contributed by atoms with Crippen LogP contribution in [0.15, 0.2) is 6.20 Å². The number of carbonyl (C=O) groups is 1. The average molecular weight is 321 g/mol. The van der Waals surface area contributed by atoms with Crippen molar-refractivity contribution >= 4 is 5.91 Å². The number of hydrogen-bond acceptors (Lipinski definition) is 4. The number of aliphatic hydroxyl groups excluding tert-OH is 1. The van der Waals surface area contributed by atoms with Crippen LogP contribution in [0, 0.1) is 12.8 Å². The molecule has 1 saturated carbocycles. The summed E-state index contributed by atoms with van der Waals surface area (Å²) in [5, 5.41) is 16.8. The van der Waals surface area contributed by atoms with Crippen molar-refractivity contribution in [2.24, 2.45) is 5.92 Å². The molecule has 1 aliphatic heterocycles. The minimum absolute atomic E-state index is 0.0201. The summed E-state index contributed by atoms with van der Waals surface area (Å²) in [5.74, 6) is 0.384. The maximum atomic E-state index is 12.5. The highest BCUT2D eigenvalue weighted by molar-refractivity contribution is 5.95. The lowest BCUT2D eigenvalue weighted by molar-refractivity contribution is 0.0656. The molecule has 1 saturated heterocycles. The Hall–Kier alpha value is -1.40. The van der Waals surface area contributed by atoms with Crippen LogP contribution in [0.25, 0.3) is 0 Å². The first-order valence-electron chi connectivity index (χ1n) is 8.72. The van der Waals surface area contributed by atoms with Crippen LogP contribution in [0.2, 0.25) is 0 Å². The van der Waals surface area contributed by atoms with Gasteiger partial charge in [-0.2, -0.15) is 5.10 Å². The first-order valence-corrected chi connectivity index (χ1v) is 8.72. The van der Waals surface area contributed by atoms with Gasteiger partial charge in [0.1, 0.15) is 0 Å². The van der Waals surface area contributed by atoms with E-state index in [0.717, 1.165) is 57.4 Å². The number of ether oxygens (including phenoxy) is 1. The van der Waals surface area contributed by atoms with Gasteiger partial charge < -0.3 is 15.2 Å². The molecule has 0 unspecified atom stereocenters. The van der Waals surface area contributed by atoms with Crippen LogP contribution < -0.4 is 5.32 Å². The van der Waals surface area contributed by atoms with Gasteiger partial charge in [0.15, 0.2) is 0 Å². The Kier molecular flexibility index (Phi) is 5.33. The van der Waals surface area contributed by atoms with Crippen LogP contribution in [-0.4, -0.2) is 46.7 Å². The predicted molar refractivity (Wildman–Crippen MR) is 86.4 cm³/mol. The number of rotatable bonds is 4. The third kappa shape index (κ3) is 3.75. The number of nitrogens with one attached hydrogen (secondary N) is 1. The number of amides is 1. The van der Waals surface area contributed by atoms with Crippen molar-refractivity contribution in [3.05, 3.63) is 17.5 Å². The Morgan fingerprint density at radius 2 is 2.00 bits per heavy atom. The standard InChI is InChI=1S/C17H27N3O3/c1-12-16(10-18-20(12)15-6-8-23-9-7-15)17(22)19-14-4-2-13(11-21)3-5-14/h10,13-15,21H,2-9,11H2,1H3,(H,19,22). The topological polar surface area (TPSA) is 76.4 Å². The highest BCUT2D eigenvalue weighted by Gasteiger charge is 2.25. The summed E-state index contributed by atoms with van der Waals surface area (Å²) in [6.45, 7) is 3.76. The van der Waals surface area contributed by atoms with Crippen molar-refractivity contribution in [3.8, 4) is 0 Å². The molecule has 0 spiro atoms. The van der Waals surface area contributed by atoms with Crippen LogP contribution in [0.5, 0.6) is 0 Å². The van der Waals surface area contributed by atoms with Crippen molar-refractivity contribution in [1.29, 1.82) is 0 Å². The zero-order valence-corrected chi connectivity index (χ0v) is 13.8. The summed E-state index contributed by atoms with van der Waals surface area (Å²) in [4.78, 5) is 12.5. The minimum Gasteiger partial charge on any atom is -0.396 e. The summed E-state index contributed by atoms with van der Waals surface area (Å²) < 4.78 is 7.38. The van der Waals surface area contributed by atoms with Gasteiger partial charge in [-0.1, -0.05) is 0 Å². The Bertz CT molecular complexity index is 529. The molecular weight excluding hydrogens is 294 g/mol. The molecule has 1 aliphatic carbocycles. The third-order valence-corrected chi connectivity index (χ3v) is 5.27. The third-order valence-electron chi connectivity index (χ3n) is 5.27. The Labute approximate surface area is 137 Å². The second kappa shape index (κ2) is 7.45. The quantitative estimate of drug-likeness (QED) is 0.887. The molecular formula is C17H27N3O3. The Balaban J connectivity index is 1.60. The van der Waals surface area contributed by atoms with Crippen molar-refractivity contribution in [3.63, 3.8) is 0 Å². The fraction of sp³-hybridized carbons (Fsp3) is 0.765. The molecule has 1 aromatic heterocycles. The van der Waals surface area contributed by atoms with E-state index in [1.54, 1.807) is 6.20 Å². The van der Waals surface area contributed by atoms with Crippen LogP contribution in [-0.2, 0) is 4.74 Å². The van der Waals surface area contributed by atoms with E-state index >= 15 is 0 Å². The second-order valence-corrected chi connectivity index (χ2v) is 6.81. The highest BCUT2D eigenvalue weighted by Crippen LogP contribution is 2.25. The largest absolute Gasteiger partial charge is 0.396 e. The average Bonchev–Trinajstić information content (AvgIpc) is 2.98. The van der Waals surface area contributed by atoms with E-state index in [9.17, 15) is 9.90 Å². The maximum Gasteiger partial charge on any atom is 0.254 e.